The molecule has 0 amide bonds. The van der Waals surface area contributed by atoms with Crippen LogP contribution in [0.2, 0.25) is 0 Å². The average Bonchev–Trinajstić information content (AvgIpc) is 2.77. The highest BCUT2D eigenvalue weighted by Gasteiger charge is 2.01. The highest BCUT2D eigenvalue weighted by atomic mass is 16.5. The fraction of sp³-hybridized carbons (Fsp3) is 0.0667. The Balaban J connectivity index is 1.78. The first-order chi connectivity index (χ1) is 8.81. The summed E-state index contributed by atoms with van der Waals surface area (Å²) in [6.45, 7) is 0.572. The van der Waals surface area contributed by atoms with Crippen LogP contribution in [0.1, 0.15) is 5.56 Å². The Morgan fingerprint density at radius 1 is 1.00 bits per heavy atom. The maximum Gasteiger partial charge on any atom is 0.121 e. The highest BCUT2D eigenvalue weighted by Crippen LogP contribution is 2.22. The molecule has 0 radical (unpaired) electrons. The maximum absolute atomic E-state index is 5.75. The van der Waals surface area contributed by atoms with Crippen LogP contribution in [0.25, 0.3) is 10.9 Å². The van der Waals surface area contributed by atoms with E-state index in [1.165, 1.54) is 0 Å². The molecule has 0 atom stereocenters. The van der Waals surface area contributed by atoms with Gasteiger partial charge in [0.1, 0.15) is 18.2 Å². The molecule has 1 heterocycles. The van der Waals surface area contributed by atoms with E-state index in [9.17, 15) is 0 Å². The minimum Gasteiger partial charge on any atom is -0.489 e. The summed E-state index contributed by atoms with van der Waals surface area (Å²) in [5, 5.41) is 1.10. The summed E-state index contributed by atoms with van der Waals surface area (Å²) in [7, 11) is 0. The predicted octanol–water partition coefficient (Wildman–Crippen LogP) is 3.33. The largest absolute Gasteiger partial charge is 0.489 e. The first kappa shape index (κ1) is 10.7. The van der Waals surface area contributed by atoms with Gasteiger partial charge in [-0.15, -0.1) is 0 Å². The lowest BCUT2D eigenvalue weighted by atomic mass is 10.2. The topological polar surface area (TPSA) is 51.0 Å². The van der Waals surface area contributed by atoms with Crippen molar-refractivity contribution in [2.45, 2.75) is 6.61 Å². The van der Waals surface area contributed by atoms with Gasteiger partial charge in [-0.3, -0.25) is 0 Å². The van der Waals surface area contributed by atoms with E-state index in [-0.39, 0.29) is 0 Å². The van der Waals surface area contributed by atoms with Gasteiger partial charge < -0.3 is 15.5 Å². The third-order valence-corrected chi connectivity index (χ3v) is 2.86. The van der Waals surface area contributed by atoms with Gasteiger partial charge in [0.2, 0.25) is 0 Å². The number of H-pyrrole nitrogens is 1. The van der Waals surface area contributed by atoms with Crippen LogP contribution in [0.4, 0.5) is 5.82 Å². The number of fused-ring (bicyclic) bond motifs is 1. The second kappa shape index (κ2) is 4.45. The number of nitrogens with two attached hydrogens (primary N) is 1. The zero-order chi connectivity index (χ0) is 12.4. The Labute approximate surface area is 105 Å². The molecular formula is C15H14N2O. The van der Waals surface area contributed by atoms with E-state index >= 15 is 0 Å². The second-order valence-corrected chi connectivity index (χ2v) is 4.25. The molecule has 3 rings (SSSR count). The third-order valence-electron chi connectivity index (χ3n) is 2.86. The molecule has 0 saturated heterocycles. The number of nitrogen functional groups attached to an aromatic ring is 1. The van der Waals surface area contributed by atoms with E-state index < -0.39 is 0 Å². The standard InChI is InChI=1S/C15H14N2O/c16-15-8-12-6-7-13(9-14(12)17-15)18-10-11-4-2-1-3-5-11/h1-9,17H,10,16H2. The van der Waals surface area contributed by atoms with Gasteiger partial charge in [0.25, 0.3) is 0 Å². The molecule has 2 aromatic carbocycles. The zero-order valence-corrected chi connectivity index (χ0v) is 9.89. The number of ether oxygens (including phenoxy) is 1. The van der Waals surface area contributed by atoms with Crippen LogP contribution < -0.4 is 10.5 Å². The molecule has 0 aliphatic rings. The van der Waals surface area contributed by atoms with Gasteiger partial charge in [-0.05, 0) is 23.8 Å². The van der Waals surface area contributed by atoms with Crippen molar-refractivity contribution in [2.75, 3.05) is 5.73 Å². The Kier molecular flexibility index (Phi) is 2.65. The molecule has 0 unspecified atom stereocenters. The number of rotatable bonds is 3. The van der Waals surface area contributed by atoms with E-state index in [1.807, 2.05) is 54.6 Å². The van der Waals surface area contributed by atoms with Crippen molar-refractivity contribution >= 4 is 16.7 Å². The molecule has 90 valence electrons. The number of hydrogen-bond acceptors (Lipinski definition) is 2. The Morgan fingerprint density at radius 3 is 2.67 bits per heavy atom. The highest BCUT2D eigenvalue weighted by molar-refractivity contribution is 5.84. The Bertz CT molecular complexity index is 659. The fourth-order valence-electron chi connectivity index (χ4n) is 1.96. The predicted molar refractivity (Wildman–Crippen MR) is 73.5 cm³/mol. The van der Waals surface area contributed by atoms with Gasteiger partial charge >= 0.3 is 0 Å². The lowest BCUT2D eigenvalue weighted by Gasteiger charge is -2.06. The molecule has 3 N–H and O–H groups in total. The molecule has 0 aliphatic carbocycles. The molecule has 1 aromatic heterocycles. The van der Waals surface area contributed by atoms with Gasteiger partial charge in [-0.1, -0.05) is 30.3 Å². The minimum absolute atomic E-state index is 0.572. The smallest absolute Gasteiger partial charge is 0.121 e. The van der Waals surface area contributed by atoms with E-state index in [0.29, 0.717) is 12.4 Å². The van der Waals surface area contributed by atoms with Crippen LogP contribution in [-0.2, 0) is 6.61 Å². The number of aromatic amines is 1. The van der Waals surface area contributed by atoms with Crippen LogP contribution in [0, 0.1) is 0 Å². The third kappa shape index (κ3) is 2.15. The summed E-state index contributed by atoms with van der Waals surface area (Å²) >= 11 is 0. The summed E-state index contributed by atoms with van der Waals surface area (Å²) in [4.78, 5) is 3.09. The SMILES string of the molecule is Nc1cc2ccc(OCc3ccccc3)cc2[nH]1. The second-order valence-electron chi connectivity index (χ2n) is 4.25. The normalized spacial score (nSPS) is 10.7. The summed E-state index contributed by atoms with van der Waals surface area (Å²) < 4.78 is 5.75. The molecule has 3 heteroatoms. The van der Waals surface area contributed by atoms with E-state index in [1.54, 1.807) is 0 Å². The van der Waals surface area contributed by atoms with Crippen LogP contribution in [0.15, 0.2) is 54.6 Å². The fourth-order valence-corrected chi connectivity index (χ4v) is 1.96. The Morgan fingerprint density at radius 2 is 1.83 bits per heavy atom. The summed E-state index contributed by atoms with van der Waals surface area (Å²) in [5.41, 5.74) is 7.86. The molecule has 3 nitrogen and oxygen atoms in total. The van der Waals surface area contributed by atoms with Crippen molar-refractivity contribution in [3.63, 3.8) is 0 Å². The molecule has 0 aliphatic heterocycles. The lowest BCUT2D eigenvalue weighted by Crippen LogP contribution is -1.94. The first-order valence-electron chi connectivity index (χ1n) is 5.86. The quantitative estimate of drug-likeness (QED) is 0.735. The van der Waals surface area contributed by atoms with Gasteiger partial charge in [0.05, 0.1) is 5.52 Å². The molecule has 0 saturated carbocycles. The number of anilines is 1. The van der Waals surface area contributed by atoms with Gasteiger partial charge in [-0.2, -0.15) is 0 Å². The molecule has 0 fully saturated rings. The number of hydrogen-bond donors (Lipinski definition) is 2. The maximum atomic E-state index is 5.75. The van der Waals surface area contributed by atoms with Crippen LogP contribution >= 0.6 is 0 Å². The van der Waals surface area contributed by atoms with Crippen molar-refractivity contribution in [1.29, 1.82) is 0 Å². The van der Waals surface area contributed by atoms with Crippen LogP contribution in [0.5, 0.6) is 5.75 Å². The molecule has 18 heavy (non-hydrogen) atoms. The summed E-state index contributed by atoms with van der Waals surface area (Å²) in [5.74, 6) is 1.51. The van der Waals surface area contributed by atoms with E-state index in [0.717, 1.165) is 22.2 Å². The first-order valence-corrected chi connectivity index (χ1v) is 5.86. The number of aromatic nitrogens is 1. The zero-order valence-electron chi connectivity index (χ0n) is 9.89. The van der Waals surface area contributed by atoms with Crippen molar-refractivity contribution < 1.29 is 4.74 Å². The summed E-state index contributed by atoms with van der Waals surface area (Å²) in [6.07, 6.45) is 0. The number of nitrogens with one attached hydrogen (secondary N) is 1. The Hall–Kier alpha value is -2.42. The molecule has 3 aromatic rings. The van der Waals surface area contributed by atoms with Crippen molar-refractivity contribution in [3.05, 3.63) is 60.2 Å². The van der Waals surface area contributed by atoms with Crippen molar-refractivity contribution in [1.82, 2.24) is 4.98 Å². The van der Waals surface area contributed by atoms with E-state index in [2.05, 4.69) is 4.98 Å². The van der Waals surface area contributed by atoms with Gasteiger partial charge in [0.15, 0.2) is 0 Å². The van der Waals surface area contributed by atoms with Crippen LogP contribution in [0.3, 0.4) is 0 Å². The van der Waals surface area contributed by atoms with Crippen molar-refractivity contribution in [3.8, 4) is 5.75 Å². The summed E-state index contributed by atoms with van der Waals surface area (Å²) in [6, 6.07) is 17.9. The molecule has 0 spiro atoms. The van der Waals surface area contributed by atoms with Crippen LogP contribution in [-0.4, -0.2) is 4.98 Å². The van der Waals surface area contributed by atoms with E-state index in [4.69, 9.17) is 10.5 Å². The molecular weight excluding hydrogens is 224 g/mol. The average molecular weight is 238 g/mol. The number of benzene rings is 2. The monoisotopic (exact) mass is 238 g/mol. The molecule has 0 bridgehead atoms. The minimum atomic E-state index is 0.572. The van der Waals surface area contributed by atoms with Gasteiger partial charge in [-0.25, -0.2) is 0 Å². The van der Waals surface area contributed by atoms with Gasteiger partial charge in [0, 0.05) is 11.5 Å². The lowest BCUT2D eigenvalue weighted by molar-refractivity contribution is 0.306. The van der Waals surface area contributed by atoms with Crippen molar-refractivity contribution in [2.24, 2.45) is 0 Å².